The van der Waals surface area contributed by atoms with Gasteiger partial charge in [0.1, 0.15) is 5.82 Å². The largest absolute Gasteiger partial charge is 0.356 e. The second-order valence-electron chi connectivity index (χ2n) is 7.77. The van der Waals surface area contributed by atoms with Crippen molar-refractivity contribution in [3.05, 3.63) is 23.9 Å². The fraction of sp³-hybridized carbons (Fsp3) is 0.684. The monoisotopic (exact) mass is 438 g/mol. The number of carbonyl (C=O) groups is 1. The second-order valence-corrected chi connectivity index (χ2v) is 7.77. The molecule has 5 nitrogen and oxygen atoms in total. The van der Waals surface area contributed by atoms with Crippen LogP contribution in [0.25, 0.3) is 0 Å². The van der Waals surface area contributed by atoms with Crippen LogP contribution in [-0.4, -0.2) is 35.6 Å². The highest BCUT2D eigenvalue weighted by Crippen LogP contribution is 2.32. The van der Waals surface area contributed by atoms with Gasteiger partial charge in [-0.05, 0) is 51.2 Å². The lowest BCUT2D eigenvalue weighted by atomic mass is 9.74. The van der Waals surface area contributed by atoms with Gasteiger partial charge < -0.3 is 16.0 Å². The highest BCUT2D eigenvalue weighted by Gasteiger charge is 2.38. The molecule has 0 radical (unpaired) electrons. The number of nitrogens with zero attached hydrogens (tertiary/aromatic N) is 2. The van der Waals surface area contributed by atoms with E-state index >= 15 is 0 Å². The molecule has 3 N–H and O–H groups in total. The van der Waals surface area contributed by atoms with Crippen LogP contribution in [0, 0.1) is 12.8 Å². The van der Waals surface area contributed by atoms with E-state index in [1.807, 2.05) is 13.1 Å². The maximum absolute atomic E-state index is 12.7. The van der Waals surface area contributed by atoms with Crippen molar-refractivity contribution in [1.82, 2.24) is 10.3 Å². The molecule has 2 fully saturated rings. The van der Waals surface area contributed by atoms with Crippen LogP contribution in [-0.2, 0) is 4.79 Å². The fourth-order valence-electron chi connectivity index (χ4n) is 3.99. The minimum Gasteiger partial charge on any atom is -0.356 e. The number of hydrogen-bond acceptors (Lipinski definition) is 4. The predicted molar refractivity (Wildman–Crippen MR) is 119 cm³/mol. The summed E-state index contributed by atoms with van der Waals surface area (Å²) >= 11 is 0. The highest BCUT2D eigenvalue weighted by molar-refractivity contribution is 5.86. The first-order valence-corrected chi connectivity index (χ1v) is 9.22. The first-order valence-electron chi connectivity index (χ1n) is 9.22. The molecule has 3 rings (SSSR count). The van der Waals surface area contributed by atoms with Crippen LogP contribution in [0.3, 0.4) is 0 Å². The third kappa shape index (κ3) is 6.67. The quantitative estimate of drug-likeness (QED) is 0.754. The fourth-order valence-corrected chi connectivity index (χ4v) is 3.99. The van der Waals surface area contributed by atoms with Gasteiger partial charge in [0, 0.05) is 30.9 Å². The zero-order chi connectivity index (χ0) is 17.2. The number of halogens is 3. The Kier molecular flexibility index (Phi) is 11.0. The van der Waals surface area contributed by atoms with Crippen molar-refractivity contribution in [1.29, 1.82) is 0 Å². The number of pyridine rings is 1. The lowest BCUT2D eigenvalue weighted by Crippen LogP contribution is -2.55. The predicted octanol–water partition coefficient (Wildman–Crippen LogP) is 3.65. The van der Waals surface area contributed by atoms with Crippen LogP contribution in [0.1, 0.15) is 51.0 Å². The van der Waals surface area contributed by atoms with Crippen molar-refractivity contribution in [2.45, 2.75) is 64.0 Å². The number of carbonyl (C=O) groups excluding carboxylic acids is 1. The summed E-state index contributed by atoms with van der Waals surface area (Å²) in [7, 11) is 0. The van der Waals surface area contributed by atoms with E-state index < -0.39 is 0 Å². The molecule has 1 saturated carbocycles. The van der Waals surface area contributed by atoms with Gasteiger partial charge in [0.05, 0.1) is 5.92 Å². The van der Waals surface area contributed by atoms with E-state index in [2.05, 4.69) is 34.3 Å². The SMILES string of the molecule is Cc1ccc(N2CCC(NC(=O)C3CCCCC3(C)N)CC2)nc1.Cl.Cl.Cl. The average Bonchev–Trinajstić information content (AvgIpc) is 2.56. The summed E-state index contributed by atoms with van der Waals surface area (Å²) in [6.07, 6.45) is 7.97. The van der Waals surface area contributed by atoms with Crippen LogP contribution < -0.4 is 16.0 Å². The van der Waals surface area contributed by atoms with E-state index in [1.165, 1.54) is 5.56 Å². The Balaban J connectivity index is 0.00000225. The molecule has 1 aliphatic carbocycles. The minimum absolute atomic E-state index is 0. The number of rotatable bonds is 3. The number of nitrogens with two attached hydrogens (primary N) is 1. The number of anilines is 1. The molecule has 1 saturated heterocycles. The Morgan fingerprint density at radius 3 is 2.41 bits per heavy atom. The van der Waals surface area contributed by atoms with Crippen molar-refractivity contribution in [2.75, 3.05) is 18.0 Å². The van der Waals surface area contributed by atoms with E-state index in [0.717, 1.165) is 57.4 Å². The maximum Gasteiger partial charge on any atom is 0.225 e. The van der Waals surface area contributed by atoms with Gasteiger partial charge in [0.15, 0.2) is 0 Å². The Morgan fingerprint density at radius 1 is 1.19 bits per heavy atom. The summed E-state index contributed by atoms with van der Waals surface area (Å²) in [6.45, 7) is 5.95. The molecule has 2 aliphatic rings. The van der Waals surface area contributed by atoms with Gasteiger partial charge in [-0.2, -0.15) is 0 Å². The summed E-state index contributed by atoms with van der Waals surface area (Å²) in [5, 5.41) is 3.26. The van der Waals surface area contributed by atoms with E-state index in [4.69, 9.17) is 5.73 Å². The van der Waals surface area contributed by atoms with Gasteiger partial charge in [-0.3, -0.25) is 4.79 Å². The van der Waals surface area contributed by atoms with Gasteiger partial charge >= 0.3 is 0 Å². The van der Waals surface area contributed by atoms with Crippen LogP contribution in [0.2, 0.25) is 0 Å². The van der Waals surface area contributed by atoms with E-state index in [9.17, 15) is 4.79 Å². The van der Waals surface area contributed by atoms with Gasteiger partial charge in [-0.25, -0.2) is 4.98 Å². The first-order chi connectivity index (χ1) is 11.5. The van der Waals surface area contributed by atoms with Gasteiger partial charge in [-0.1, -0.05) is 18.9 Å². The van der Waals surface area contributed by atoms with E-state index in [-0.39, 0.29) is 60.6 Å². The lowest BCUT2D eigenvalue weighted by molar-refractivity contribution is -0.129. The molecule has 1 aliphatic heterocycles. The van der Waals surface area contributed by atoms with Crippen LogP contribution >= 0.6 is 37.2 Å². The van der Waals surface area contributed by atoms with Gasteiger partial charge in [0.2, 0.25) is 5.91 Å². The summed E-state index contributed by atoms with van der Waals surface area (Å²) in [5.74, 6) is 1.15. The molecule has 2 atom stereocenters. The molecule has 0 spiro atoms. The van der Waals surface area contributed by atoms with Gasteiger partial charge in [0.25, 0.3) is 0 Å². The van der Waals surface area contributed by atoms with Crippen molar-refractivity contribution in [2.24, 2.45) is 11.7 Å². The molecule has 1 aromatic heterocycles. The molecule has 1 aromatic rings. The molecule has 27 heavy (non-hydrogen) atoms. The number of amides is 1. The maximum atomic E-state index is 12.7. The summed E-state index contributed by atoms with van der Waals surface area (Å²) in [4.78, 5) is 19.5. The number of piperidine rings is 1. The smallest absolute Gasteiger partial charge is 0.225 e. The molecule has 1 amide bonds. The molecule has 156 valence electrons. The highest BCUT2D eigenvalue weighted by atomic mass is 35.5. The molecular weight excluding hydrogens is 407 g/mol. The molecule has 8 heteroatoms. The Morgan fingerprint density at radius 2 is 1.85 bits per heavy atom. The zero-order valence-electron chi connectivity index (χ0n) is 16.1. The number of hydrogen-bond donors (Lipinski definition) is 2. The van der Waals surface area contributed by atoms with Crippen LogP contribution in [0.15, 0.2) is 18.3 Å². The van der Waals surface area contributed by atoms with E-state index in [1.54, 1.807) is 0 Å². The minimum atomic E-state index is -0.352. The standard InChI is InChI=1S/C19H30N4O.3ClH/c1-14-6-7-17(21-13-14)23-11-8-15(9-12-23)22-18(24)16-5-3-4-10-19(16,2)20;;;/h6-7,13,15-16H,3-5,8-12,20H2,1-2H3,(H,22,24);3*1H. The molecule has 2 heterocycles. The average molecular weight is 440 g/mol. The van der Waals surface area contributed by atoms with Crippen LogP contribution in [0.4, 0.5) is 5.82 Å². The first kappa shape index (κ1) is 26.2. The number of nitrogens with one attached hydrogen (secondary N) is 1. The van der Waals surface area contributed by atoms with E-state index in [0.29, 0.717) is 0 Å². The second kappa shape index (κ2) is 11.3. The van der Waals surface area contributed by atoms with Crippen molar-refractivity contribution < 1.29 is 4.79 Å². The van der Waals surface area contributed by atoms with Crippen LogP contribution in [0.5, 0.6) is 0 Å². The molecule has 0 bridgehead atoms. The van der Waals surface area contributed by atoms with Crippen molar-refractivity contribution in [3.8, 4) is 0 Å². The Labute approximate surface area is 181 Å². The molecule has 0 aromatic carbocycles. The Bertz CT molecular complexity index is 575. The normalized spacial score (nSPS) is 25.4. The van der Waals surface area contributed by atoms with Gasteiger partial charge in [-0.15, -0.1) is 37.2 Å². The summed E-state index contributed by atoms with van der Waals surface area (Å²) < 4.78 is 0. The van der Waals surface area contributed by atoms with Crippen molar-refractivity contribution >= 4 is 48.9 Å². The Hall–Kier alpha value is -0.750. The topological polar surface area (TPSA) is 71.2 Å². The molecular formula is C19H33Cl3N4O. The number of aromatic nitrogens is 1. The third-order valence-electron chi connectivity index (χ3n) is 5.63. The summed E-state index contributed by atoms with van der Waals surface area (Å²) in [5.41, 5.74) is 7.19. The third-order valence-corrected chi connectivity index (χ3v) is 5.63. The zero-order valence-corrected chi connectivity index (χ0v) is 18.6. The molecule has 2 unspecified atom stereocenters. The number of aryl methyl sites for hydroxylation is 1. The lowest BCUT2D eigenvalue weighted by Gasteiger charge is -2.39. The van der Waals surface area contributed by atoms with Crippen molar-refractivity contribution in [3.63, 3.8) is 0 Å². The summed E-state index contributed by atoms with van der Waals surface area (Å²) in [6, 6.07) is 4.44.